The predicted octanol–water partition coefficient (Wildman–Crippen LogP) is 0.406. The zero-order chi connectivity index (χ0) is 19.9. The van der Waals surface area contributed by atoms with Crippen LogP contribution in [0.1, 0.15) is 23.0 Å². The number of ether oxygens (including phenoxy) is 1. The molecule has 0 aliphatic carbocycles. The SMILES string of the molecule is NC(=O)c1cn([C@H]2C[C@H](O)[C@@H](COP(=O)(O)O)O2)c2ccc([N+](=O)[O-])cc12. The smallest absolute Gasteiger partial charge is 0.390 e. The topological polar surface area (TPSA) is 187 Å². The zero-order valence-corrected chi connectivity index (χ0v) is 14.6. The number of fused-ring (bicyclic) bond motifs is 1. The van der Waals surface area contributed by atoms with Crippen molar-refractivity contribution in [3.05, 3.63) is 40.1 Å². The third-order valence-electron chi connectivity index (χ3n) is 4.21. The molecule has 146 valence electrons. The molecular formula is C14H16N3O9P. The van der Waals surface area contributed by atoms with Gasteiger partial charge in [0.25, 0.3) is 11.6 Å². The third-order valence-corrected chi connectivity index (χ3v) is 4.70. The number of benzene rings is 1. The van der Waals surface area contributed by atoms with Gasteiger partial charge in [-0.2, -0.15) is 0 Å². The number of hydrogen-bond acceptors (Lipinski definition) is 7. The van der Waals surface area contributed by atoms with Crippen LogP contribution in [0.3, 0.4) is 0 Å². The number of carbonyl (C=O) groups excluding carboxylic acids is 1. The first-order chi connectivity index (χ1) is 12.6. The summed E-state index contributed by atoms with van der Waals surface area (Å²) in [6.07, 6.45) is -1.46. The largest absolute Gasteiger partial charge is 0.469 e. The summed E-state index contributed by atoms with van der Waals surface area (Å²) in [5, 5.41) is 21.3. The first kappa shape index (κ1) is 19.4. The van der Waals surface area contributed by atoms with Gasteiger partial charge in [0.2, 0.25) is 0 Å². The molecule has 1 saturated heterocycles. The van der Waals surface area contributed by atoms with Gasteiger partial charge in [-0.1, -0.05) is 0 Å². The lowest BCUT2D eigenvalue weighted by Gasteiger charge is -2.16. The van der Waals surface area contributed by atoms with Gasteiger partial charge >= 0.3 is 7.82 Å². The van der Waals surface area contributed by atoms with Gasteiger partial charge in [0.1, 0.15) is 12.3 Å². The van der Waals surface area contributed by atoms with Crippen LogP contribution in [0.25, 0.3) is 10.9 Å². The number of phosphoric acid groups is 1. The molecule has 1 aliphatic heterocycles. The summed E-state index contributed by atoms with van der Waals surface area (Å²) in [7, 11) is -4.72. The lowest BCUT2D eigenvalue weighted by atomic mass is 10.1. The molecule has 3 atom stereocenters. The number of phosphoric ester groups is 1. The maximum atomic E-state index is 11.7. The minimum absolute atomic E-state index is 0.0432. The van der Waals surface area contributed by atoms with E-state index in [0.29, 0.717) is 5.52 Å². The van der Waals surface area contributed by atoms with Crippen LogP contribution >= 0.6 is 7.82 Å². The molecule has 1 aliphatic rings. The maximum Gasteiger partial charge on any atom is 0.469 e. The van der Waals surface area contributed by atoms with E-state index in [1.165, 1.54) is 29.0 Å². The number of primary amides is 1. The Morgan fingerprint density at radius 2 is 2.19 bits per heavy atom. The molecule has 13 heteroatoms. The Morgan fingerprint density at radius 3 is 2.78 bits per heavy atom. The van der Waals surface area contributed by atoms with E-state index in [-0.39, 0.29) is 23.1 Å². The molecular weight excluding hydrogens is 385 g/mol. The Labute approximate surface area is 151 Å². The van der Waals surface area contributed by atoms with Crippen LogP contribution in [0.2, 0.25) is 0 Å². The van der Waals surface area contributed by atoms with Gasteiger partial charge in [-0.15, -0.1) is 0 Å². The molecule has 0 radical (unpaired) electrons. The van der Waals surface area contributed by atoms with Crippen molar-refractivity contribution in [2.75, 3.05) is 6.61 Å². The molecule has 1 aromatic heterocycles. The summed E-state index contributed by atoms with van der Waals surface area (Å²) in [5.74, 6) is -0.792. The first-order valence-electron chi connectivity index (χ1n) is 7.69. The minimum atomic E-state index is -4.72. The van der Waals surface area contributed by atoms with Crippen molar-refractivity contribution in [1.29, 1.82) is 0 Å². The normalized spacial score (nSPS) is 23.0. The molecule has 27 heavy (non-hydrogen) atoms. The average Bonchev–Trinajstić information content (AvgIpc) is 3.12. The number of nitro benzene ring substituents is 1. The fraction of sp³-hybridized carbons (Fsp3) is 0.357. The molecule has 12 nitrogen and oxygen atoms in total. The minimum Gasteiger partial charge on any atom is -0.390 e. The van der Waals surface area contributed by atoms with Gasteiger partial charge in [-0.05, 0) is 6.07 Å². The van der Waals surface area contributed by atoms with E-state index in [1.807, 2.05) is 0 Å². The molecule has 2 aromatic rings. The van der Waals surface area contributed by atoms with Crippen LogP contribution in [0.5, 0.6) is 0 Å². The number of amides is 1. The monoisotopic (exact) mass is 401 g/mol. The lowest BCUT2D eigenvalue weighted by Crippen LogP contribution is -2.25. The van der Waals surface area contributed by atoms with Crippen LogP contribution in [0.4, 0.5) is 5.69 Å². The van der Waals surface area contributed by atoms with Crippen molar-refractivity contribution < 1.29 is 38.4 Å². The van der Waals surface area contributed by atoms with E-state index < -0.39 is 43.7 Å². The molecule has 1 amide bonds. The summed E-state index contributed by atoms with van der Waals surface area (Å²) in [6, 6.07) is 3.89. The number of nitrogens with two attached hydrogens (primary N) is 1. The second kappa shape index (κ2) is 7.00. The van der Waals surface area contributed by atoms with Crippen molar-refractivity contribution in [2.24, 2.45) is 5.73 Å². The quantitative estimate of drug-likeness (QED) is 0.302. The number of non-ortho nitro benzene ring substituents is 1. The highest BCUT2D eigenvalue weighted by Gasteiger charge is 2.37. The fourth-order valence-corrected chi connectivity index (χ4v) is 3.34. The van der Waals surface area contributed by atoms with E-state index in [4.69, 9.17) is 20.3 Å². The maximum absolute atomic E-state index is 11.7. The van der Waals surface area contributed by atoms with Crippen LogP contribution in [-0.2, 0) is 13.8 Å². The number of carbonyl (C=O) groups is 1. The Hall–Kier alpha value is -2.34. The van der Waals surface area contributed by atoms with Crippen LogP contribution in [-0.4, -0.2) is 49.1 Å². The standard InChI is InChI=1S/C14H16N3O9P/c15-14(19)9-5-16(10-2-1-7(17(20)21)3-8(9)10)13-4-11(18)12(26-13)6-25-27(22,23)24/h1-3,5,11-13,18H,4,6H2,(H2,15,19)(H2,22,23,24)/t11-,12+,13+/m0/s1. The Balaban J connectivity index is 1.94. The highest BCUT2D eigenvalue weighted by Crippen LogP contribution is 2.39. The third kappa shape index (κ3) is 4.00. The summed E-state index contributed by atoms with van der Waals surface area (Å²) in [4.78, 5) is 39.6. The fourth-order valence-electron chi connectivity index (χ4n) is 3.00. The molecule has 2 heterocycles. The number of nitro groups is 1. The van der Waals surface area contributed by atoms with Crippen molar-refractivity contribution in [1.82, 2.24) is 4.57 Å². The van der Waals surface area contributed by atoms with Gasteiger partial charge in [0, 0.05) is 30.1 Å². The summed E-state index contributed by atoms with van der Waals surface area (Å²) >= 11 is 0. The van der Waals surface area contributed by atoms with Crippen LogP contribution in [0, 0.1) is 10.1 Å². The van der Waals surface area contributed by atoms with E-state index in [9.17, 15) is 24.6 Å². The van der Waals surface area contributed by atoms with E-state index in [2.05, 4.69) is 4.52 Å². The number of aliphatic hydroxyl groups is 1. The Kier molecular flexibility index (Phi) is 5.04. The average molecular weight is 401 g/mol. The summed E-state index contributed by atoms with van der Waals surface area (Å²) < 4.78 is 22.3. The molecule has 1 fully saturated rings. The van der Waals surface area contributed by atoms with E-state index >= 15 is 0 Å². The zero-order valence-electron chi connectivity index (χ0n) is 13.7. The van der Waals surface area contributed by atoms with Crippen LogP contribution < -0.4 is 5.73 Å². The second-order valence-electron chi connectivity index (χ2n) is 5.99. The van der Waals surface area contributed by atoms with Gasteiger partial charge in [0.15, 0.2) is 0 Å². The van der Waals surface area contributed by atoms with Crippen LogP contribution in [0.15, 0.2) is 24.4 Å². The Bertz CT molecular complexity index is 953. The lowest BCUT2D eigenvalue weighted by molar-refractivity contribution is -0.384. The van der Waals surface area contributed by atoms with E-state index in [1.54, 1.807) is 0 Å². The first-order valence-corrected chi connectivity index (χ1v) is 9.22. The molecule has 0 bridgehead atoms. The second-order valence-corrected chi connectivity index (χ2v) is 7.23. The van der Waals surface area contributed by atoms with E-state index in [0.717, 1.165) is 0 Å². The van der Waals surface area contributed by atoms with Gasteiger partial charge in [-0.3, -0.25) is 19.4 Å². The number of nitrogens with zero attached hydrogens (tertiary/aromatic N) is 2. The van der Waals surface area contributed by atoms with Gasteiger partial charge in [-0.25, -0.2) is 4.57 Å². The molecule has 3 rings (SSSR count). The molecule has 0 saturated carbocycles. The molecule has 0 spiro atoms. The van der Waals surface area contributed by atoms with Crippen molar-refractivity contribution >= 4 is 30.3 Å². The Morgan fingerprint density at radius 1 is 1.48 bits per heavy atom. The van der Waals surface area contributed by atoms with Crippen molar-refractivity contribution in [2.45, 2.75) is 24.9 Å². The summed E-state index contributed by atoms with van der Waals surface area (Å²) in [5.41, 5.74) is 5.59. The van der Waals surface area contributed by atoms with Crippen molar-refractivity contribution in [3.8, 4) is 0 Å². The predicted molar refractivity (Wildman–Crippen MR) is 89.6 cm³/mol. The number of rotatable bonds is 6. The molecule has 5 N–H and O–H groups in total. The summed E-state index contributed by atoms with van der Waals surface area (Å²) in [6.45, 7) is -0.532. The highest BCUT2D eigenvalue weighted by atomic mass is 31.2. The van der Waals surface area contributed by atoms with Gasteiger partial charge < -0.3 is 29.9 Å². The number of aliphatic hydroxyl groups excluding tert-OH is 1. The molecule has 1 aromatic carbocycles. The number of aromatic nitrogens is 1. The number of hydrogen-bond donors (Lipinski definition) is 4. The highest BCUT2D eigenvalue weighted by molar-refractivity contribution is 7.46. The van der Waals surface area contributed by atoms with Gasteiger partial charge in [0.05, 0.1) is 28.7 Å². The molecule has 0 unspecified atom stereocenters. The van der Waals surface area contributed by atoms with Crippen molar-refractivity contribution in [3.63, 3.8) is 0 Å².